The van der Waals surface area contributed by atoms with Gasteiger partial charge in [0.15, 0.2) is 0 Å². The van der Waals surface area contributed by atoms with E-state index in [9.17, 15) is 2.74 Å². The zero-order valence-corrected chi connectivity index (χ0v) is 30.3. The zero-order valence-electron chi connectivity index (χ0n) is 39.3. The summed E-state index contributed by atoms with van der Waals surface area (Å²) in [4.78, 5) is 3.45. The highest BCUT2D eigenvalue weighted by Gasteiger charge is 2.16. The largest absolute Gasteiger partial charge is 0.311 e. The van der Waals surface area contributed by atoms with Crippen molar-refractivity contribution in [1.82, 2.24) is 0 Å². The molecular formula is C54H40N2. The Morgan fingerprint density at radius 2 is 0.482 bits per heavy atom. The molecule has 0 heterocycles. The normalized spacial score (nSPS) is 13.1. The molecule has 0 saturated heterocycles. The lowest BCUT2D eigenvalue weighted by Gasteiger charge is -2.26. The molecule has 0 saturated carbocycles. The van der Waals surface area contributed by atoms with Gasteiger partial charge in [0.25, 0.3) is 0 Å². The molecule has 0 amide bonds. The SMILES string of the molecule is [2H]c1c([2H])c([2H])c(N(c2ccc(-c3ccccc3)cc2)c2ccc(-c3ccc(N(c4ccc(-c5ccccc5)cc4)c4c([2H])c([2H])c(-c5ccccc5)c([2H])c4[2H])cc3)cc2)c([2H])c1[2H]. The lowest BCUT2D eigenvalue weighted by Crippen LogP contribution is -2.10. The van der Waals surface area contributed by atoms with Crippen molar-refractivity contribution in [3.05, 3.63) is 242 Å². The number of para-hydroxylation sites is 1. The van der Waals surface area contributed by atoms with Crippen LogP contribution in [0.5, 0.6) is 0 Å². The van der Waals surface area contributed by atoms with Gasteiger partial charge in [-0.1, -0.05) is 170 Å². The van der Waals surface area contributed by atoms with Crippen molar-refractivity contribution >= 4 is 34.1 Å². The van der Waals surface area contributed by atoms with Gasteiger partial charge in [-0.25, -0.2) is 0 Å². The summed E-state index contributed by atoms with van der Waals surface area (Å²) < 4.78 is 79.8. The Balaban J connectivity index is 1.11. The lowest BCUT2D eigenvalue weighted by molar-refractivity contribution is 1.28. The van der Waals surface area contributed by atoms with E-state index in [1.807, 2.05) is 176 Å². The van der Waals surface area contributed by atoms with Crippen molar-refractivity contribution in [2.75, 3.05) is 9.80 Å². The van der Waals surface area contributed by atoms with Crippen LogP contribution in [-0.4, -0.2) is 0 Å². The molecule has 56 heavy (non-hydrogen) atoms. The van der Waals surface area contributed by atoms with Gasteiger partial charge in [0.1, 0.15) is 0 Å². The summed E-state index contributed by atoms with van der Waals surface area (Å²) in [6.45, 7) is 0. The number of nitrogens with zero attached hydrogens (tertiary/aromatic N) is 2. The van der Waals surface area contributed by atoms with E-state index in [1.54, 1.807) is 21.9 Å². The van der Waals surface area contributed by atoms with Crippen molar-refractivity contribution in [1.29, 1.82) is 0 Å². The van der Waals surface area contributed by atoms with Crippen LogP contribution >= 0.6 is 0 Å². The van der Waals surface area contributed by atoms with E-state index in [0.29, 0.717) is 28.3 Å². The molecule has 0 unspecified atom stereocenters. The van der Waals surface area contributed by atoms with Crippen molar-refractivity contribution in [3.8, 4) is 44.5 Å². The molecule has 2 heteroatoms. The lowest BCUT2D eigenvalue weighted by atomic mass is 10.0. The number of rotatable bonds is 10. The minimum atomic E-state index is -0.466. The summed E-state index contributed by atoms with van der Waals surface area (Å²) in [7, 11) is 0. The Labute approximate surface area is 342 Å². The first-order valence-electron chi connectivity index (χ1n) is 22.9. The maximum absolute atomic E-state index is 9.30. The van der Waals surface area contributed by atoms with E-state index in [2.05, 4.69) is 0 Å². The monoisotopic (exact) mass is 725 g/mol. The molecule has 0 aliphatic heterocycles. The van der Waals surface area contributed by atoms with Gasteiger partial charge in [-0.15, -0.1) is 0 Å². The molecule has 0 atom stereocenters. The summed E-state index contributed by atoms with van der Waals surface area (Å²) in [6.07, 6.45) is 0. The maximum atomic E-state index is 9.30. The smallest absolute Gasteiger partial charge is 0.0645 e. The van der Waals surface area contributed by atoms with Crippen molar-refractivity contribution in [3.63, 3.8) is 0 Å². The molecule has 0 aliphatic carbocycles. The van der Waals surface area contributed by atoms with Crippen LogP contribution in [-0.2, 0) is 0 Å². The van der Waals surface area contributed by atoms with Crippen LogP contribution in [0.15, 0.2) is 242 Å². The van der Waals surface area contributed by atoms with Gasteiger partial charge in [0.2, 0.25) is 0 Å². The first kappa shape index (κ1) is 25.6. The molecule has 9 aromatic rings. The second kappa shape index (κ2) is 15.9. The van der Waals surface area contributed by atoms with Crippen LogP contribution in [0.2, 0.25) is 0 Å². The van der Waals surface area contributed by atoms with Gasteiger partial charge in [-0.05, 0) is 117 Å². The van der Waals surface area contributed by atoms with Crippen LogP contribution in [0, 0.1) is 0 Å². The molecular weight excluding hydrogens is 677 g/mol. The fourth-order valence-corrected chi connectivity index (χ4v) is 6.81. The molecule has 0 spiro atoms. The molecule has 0 fully saturated rings. The highest BCUT2D eigenvalue weighted by Crippen LogP contribution is 2.39. The third kappa shape index (κ3) is 7.37. The van der Waals surface area contributed by atoms with Crippen LogP contribution in [0.25, 0.3) is 44.5 Å². The van der Waals surface area contributed by atoms with Crippen LogP contribution < -0.4 is 9.80 Å². The van der Waals surface area contributed by atoms with E-state index < -0.39 is 18.1 Å². The number of hydrogen-bond donors (Lipinski definition) is 0. The molecule has 9 aromatic carbocycles. The molecule has 0 aliphatic rings. The van der Waals surface area contributed by atoms with Gasteiger partial charge in [0, 0.05) is 34.1 Å². The topological polar surface area (TPSA) is 6.48 Å². The third-order valence-electron chi connectivity index (χ3n) is 9.66. The highest BCUT2D eigenvalue weighted by atomic mass is 15.1. The predicted octanol–water partition coefficient (Wildman–Crippen LogP) is 15.3. The van der Waals surface area contributed by atoms with Crippen molar-refractivity contribution < 1.29 is 12.3 Å². The van der Waals surface area contributed by atoms with E-state index in [1.165, 1.54) is 0 Å². The average molecular weight is 726 g/mol. The molecule has 266 valence electrons. The molecule has 0 N–H and O–H groups in total. The summed E-state index contributed by atoms with van der Waals surface area (Å²) in [5.74, 6) is 0. The number of benzene rings is 9. The van der Waals surface area contributed by atoms with Crippen molar-refractivity contribution in [2.45, 2.75) is 0 Å². The fraction of sp³-hybridized carbons (Fsp3) is 0. The molecule has 0 bridgehead atoms. The van der Waals surface area contributed by atoms with Crippen LogP contribution in [0.3, 0.4) is 0 Å². The van der Waals surface area contributed by atoms with Crippen LogP contribution in [0.1, 0.15) is 12.3 Å². The Bertz CT molecular complexity index is 3090. The van der Waals surface area contributed by atoms with Gasteiger partial charge >= 0.3 is 0 Å². The number of anilines is 6. The molecule has 0 aromatic heterocycles. The molecule has 2 nitrogen and oxygen atoms in total. The minimum absolute atomic E-state index is 0.0310. The van der Waals surface area contributed by atoms with E-state index >= 15 is 0 Å². The van der Waals surface area contributed by atoms with E-state index in [4.69, 9.17) is 9.60 Å². The summed E-state index contributed by atoms with van der Waals surface area (Å²) >= 11 is 0. The summed E-state index contributed by atoms with van der Waals surface area (Å²) in [5, 5.41) is 0. The minimum Gasteiger partial charge on any atom is -0.311 e. The second-order valence-corrected chi connectivity index (χ2v) is 13.2. The maximum Gasteiger partial charge on any atom is 0.0645 e. The van der Waals surface area contributed by atoms with Gasteiger partial charge in [-0.3, -0.25) is 0 Å². The predicted molar refractivity (Wildman–Crippen MR) is 238 cm³/mol. The van der Waals surface area contributed by atoms with E-state index in [-0.39, 0.29) is 53.2 Å². The van der Waals surface area contributed by atoms with E-state index in [0.717, 1.165) is 33.4 Å². The Hall–Kier alpha value is -7.42. The Morgan fingerprint density at radius 3 is 0.804 bits per heavy atom. The van der Waals surface area contributed by atoms with Crippen molar-refractivity contribution in [2.24, 2.45) is 0 Å². The third-order valence-corrected chi connectivity index (χ3v) is 9.66. The summed E-state index contributed by atoms with van der Waals surface area (Å²) in [5.41, 5.74) is 9.17. The first-order chi connectivity index (χ1) is 31.5. The molecule has 9 rings (SSSR count). The Morgan fingerprint density at radius 1 is 0.214 bits per heavy atom. The van der Waals surface area contributed by atoms with Gasteiger partial charge < -0.3 is 9.80 Å². The van der Waals surface area contributed by atoms with Gasteiger partial charge in [0.05, 0.1) is 12.3 Å². The molecule has 0 radical (unpaired) electrons. The van der Waals surface area contributed by atoms with Crippen LogP contribution in [0.4, 0.5) is 34.1 Å². The Kier molecular flexibility index (Phi) is 7.26. The standard InChI is InChI=1S/C54H40N2/c1-5-13-41(14-6-1)44-21-31-50(32-22-44)55(49-19-11-4-12-20-49)51-37-27-47(28-38-51)48-29-39-54(40-30-48)56(52-33-23-45(24-34-52)42-15-7-2-8-16-42)53-35-25-46(26-36-53)43-17-9-3-10-18-43/h1-40H/i4D,11D,12D,19D,20D,23D,24D,33D,34D. The fourth-order valence-electron chi connectivity index (χ4n) is 6.81. The average Bonchev–Trinajstić information content (AvgIpc) is 3.36. The van der Waals surface area contributed by atoms with Gasteiger partial charge in [-0.2, -0.15) is 0 Å². The second-order valence-electron chi connectivity index (χ2n) is 13.2. The quantitative estimate of drug-likeness (QED) is 0.138. The number of hydrogen-bond acceptors (Lipinski definition) is 2. The zero-order chi connectivity index (χ0) is 45.4. The highest BCUT2D eigenvalue weighted by molar-refractivity contribution is 5.83. The summed E-state index contributed by atoms with van der Waals surface area (Å²) in [6, 6.07) is 57.0. The first-order valence-corrected chi connectivity index (χ1v) is 18.4.